The molecule has 110 valence electrons. The second-order valence-corrected chi connectivity index (χ2v) is 5.14. The summed E-state index contributed by atoms with van der Waals surface area (Å²) in [6, 6.07) is 5.29. The van der Waals surface area contributed by atoms with Crippen molar-refractivity contribution in [2.24, 2.45) is 5.92 Å². The molecule has 0 spiro atoms. The molecule has 0 heterocycles. The molecule has 0 aliphatic rings. The lowest BCUT2D eigenvalue weighted by Crippen LogP contribution is -2.36. The molecule has 1 aromatic rings. The summed E-state index contributed by atoms with van der Waals surface area (Å²) >= 11 is 5.96. The van der Waals surface area contributed by atoms with Gasteiger partial charge in [0.15, 0.2) is 6.61 Å². The van der Waals surface area contributed by atoms with Crippen LogP contribution in [0.3, 0.4) is 0 Å². The Morgan fingerprint density at radius 3 is 2.70 bits per heavy atom. The van der Waals surface area contributed by atoms with Gasteiger partial charge in [0.2, 0.25) is 0 Å². The van der Waals surface area contributed by atoms with Crippen molar-refractivity contribution in [3.05, 3.63) is 28.8 Å². The number of carboxylic acid groups (broad SMARTS) is 1. The van der Waals surface area contributed by atoms with Gasteiger partial charge in [0, 0.05) is 13.6 Å². The van der Waals surface area contributed by atoms with Crippen LogP contribution >= 0.6 is 11.6 Å². The fourth-order valence-electron chi connectivity index (χ4n) is 1.56. The minimum atomic E-state index is -0.938. The molecule has 0 fully saturated rings. The lowest BCUT2D eigenvalue weighted by molar-refractivity contribution is -0.143. The van der Waals surface area contributed by atoms with Gasteiger partial charge in [-0.05, 0) is 24.6 Å². The molecule has 0 aliphatic carbocycles. The molecule has 0 aromatic heterocycles. The standard InChI is InChI=1S/C14H18ClNO4/c1-9-4-5-11(15)12(6-9)20-8-13(17)16(3)7-10(2)14(18)19/h4-6,10H,7-8H2,1-3H3,(H,18,19). The zero-order valence-electron chi connectivity index (χ0n) is 11.7. The third kappa shape index (κ3) is 4.74. The Bertz CT molecular complexity index is 504. The van der Waals surface area contributed by atoms with Gasteiger partial charge in [-0.1, -0.05) is 24.6 Å². The van der Waals surface area contributed by atoms with Gasteiger partial charge in [-0.2, -0.15) is 0 Å². The Balaban J connectivity index is 2.54. The SMILES string of the molecule is Cc1ccc(Cl)c(OCC(=O)N(C)CC(C)C(=O)O)c1. The first-order valence-corrected chi connectivity index (χ1v) is 6.54. The number of carbonyl (C=O) groups excluding carboxylic acids is 1. The molecule has 0 aliphatic heterocycles. The molecule has 20 heavy (non-hydrogen) atoms. The third-order valence-corrected chi connectivity index (χ3v) is 3.15. The monoisotopic (exact) mass is 299 g/mol. The van der Waals surface area contributed by atoms with Crippen LogP contribution < -0.4 is 4.74 Å². The summed E-state index contributed by atoms with van der Waals surface area (Å²) in [5, 5.41) is 9.24. The molecule has 0 radical (unpaired) electrons. The molecule has 1 rings (SSSR count). The Morgan fingerprint density at radius 2 is 2.10 bits per heavy atom. The number of hydrogen-bond donors (Lipinski definition) is 1. The van der Waals surface area contributed by atoms with Gasteiger partial charge < -0.3 is 14.7 Å². The van der Waals surface area contributed by atoms with Crippen LogP contribution in [-0.4, -0.2) is 42.1 Å². The van der Waals surface area contributed by atoms with Crippen molar-refractivity contribution < 1.29 is 19.4 Å². The number of aryl methyl sites for hydroxylation is 1. The molecule has 1 unspecified atom stereocenters. The Kier molecular flexibility index (Phi) is 5.82. The highest BCUT2D eigenvalue weighted by atomic mass is 35.5. The van der Waals surface area contributed by atoms with Crippen molar-refractivity contribution in [1.82, 2.24) is 4.90 Å². The number of nitrogens with zero attached hydrogens (tertiary/aromatic N) is 1. The molecule has 1 aromatic carbocycles. The first-order chi connectivity index (χ1) is 9.31. The lowest BCUT2D eigenvalue weighted by Gasteiger charge is -2.19. The Hall–Kier alpha value is -1.75. The maximum atomic E-state index is 11.8. The zero-order valence-corrected chi connectivity index (χ0v) is 12.5. The Labute approximate surface area is 123 Å². The van der Waals surface area contributed by atoms with Gasteiger partial charge in [0.25, 0.3) is 5.91 Å². The van der Waals surface area contributed by atoms with E-state index in [1.807, 2.05) is 13.0 Å². The molecule has 1 N–H and O–H groups in total. The van der Waals surface area contributed by atoms with Gasteiger partial charge in [-0.3, -0.25) is 9.59 Å². The van der Waals surface area contributed by atoms with E-state index in [0.717, 1.165) is 5.56 Å². The van der Waals surface area contributed by atoms with Crippen molar-refractivity contribution in [3.63, 3.8) is 0 Å². The highest BCUT2D eigenvalue weighted by Gasteiger charge is 2.18. The number of ether oxygens (including phenoxy) is 1. The molecule has 1 amide bonds. The summed E-state index contributed by atoms with van der Waals surface area (Å²) in [5.41, 5.74) is 0.977. The lowest BCUT2D eigenvalue weighted by atomic mass is 10.2. The van der Waals surface area contributed by atoms with Crippen LogP contribution in [0.1, 0.15) is 12.5 Å². The molecule has 5 nitrogen and oxygen atoms in total. The number of carbonyl (C=O) groups is 2. The fourth-order valence-corrected chi connectivity index (χ4v) is 1.73. The Morgan fingerprint density at radius 1 is 1.45 bits per heavy atom. The van der Waals surface area contributed by atoms with E-state index in [9.17, 15) is 9.59 Å². The van der Waals surface area contributed by atoms with Gasteiger partial charge in [-0.25, -0.2) is 0 Å². The number of hydrogen-bond acceptors (Lipinski definition) is 3. The second kappa shape index (κ2) is 7.14. The quantitative estimate of drug-likeness (QED) is 0.874. The number of halogens is 1. The number of amides is 1. The fraction of sp³-hybridized carbons (Fsp3) is 0.429. The van der Waals surface area contributed by atoms with E-state index in [-0.39, 0.29) is 19.1 Å². The molecule has 6 heteroatoms. The summed E-state index contributed by atoms with van der Waals surface area (Å²) in [5.74, 6) is -1.41. The molecule has 0 saturated carbocycles. The highest BCUT2D eigenvalue weighted by molar-refractivity contribution is 6.32. The highest BCUT2D eigenvalue weighted by Crippen LogP contribution is 2.25. The third-order valence-electron chi connectivity index (χ3n) is 2.83. The van der Waals surface area contributed by atoms with Crippen LogP contribution in [0, 0.1) is 12.8 Å². The normalized spacial score (nSPS) is 11.8. The summed E-state index contributed by atoms with van der Waals surface area (Å²) < 4.78 is 5.37. The van der Waals surface area contributed by atoms with E-state index < -0.39 is 11.9 Å². The van der Waals surface area contributed by atoms with Gasteiger partial charge in [0.1, 0.15) is 5.75 Å². The van der Waals surface area contributed by atoms with Crippen molar-refractivity contribution in [1.29, 1.82) is 0 Å². The van der Waals surface area contributed by atoms with E-state index >= 15 is 0 Å². The topological polar surface area (TPSA) is 66.8 Å². The van der Waals surface area contributed by atoms with Crippen molar-refractivity contribution >= 4 is 23.5 Å². The van der Waals surface area contributed by atoms with Gasteiger partial charge >= 0.3 is 5.97 Å². The average Bonchev–Trinajstić information content (AvgIpc) is 2.39. The van der Waals surface area contributed by atoms with E-state index in [2.05, 4.69) is 0 Å². The van der Waals surface area contributed by atoms with Crippen LogP contribution in [0.2, 0.25) is 5.02 Å². The minimum absolute atomic E-state index is 0.138. The zero-order chi connectivity index (χ0) is 15.3. The molecular formula is C14H18ClNO4. The molecular weight excluding hydrogens is 282 g/mol. The number of carboxylic acids is 1. The predicted octanol–water partition coefficient (Wildman–Crippen LogP) is 2.21. The van der Waals surface area contributed by atoms with Crippen molar-refractivity contribution in [3.8, 4) is 5.75 Å². The van der Waals surface area contributed by atoms with Crippen LogP contribution in [0.15, 0.2) is 18.2 Å². The smallest absolute Gasteiger partial charge is 0.308 e. The van der Waals surface area contributed by atoms with E-state index in [0.29, 0.717) is 10.8 Å². The predicted molar refractivity (Wildman–Crippen MR) is 76.1 cm³/mol. The summed E-state index contributed by atoms with van der Waals surface area (Å²) in [6.07, 6.45) is 0. The number of benzene rings is 1. The first kappa shape index (κ1) is 16.3. The van der Waals surface area contributed by atoms with E-state index in [1.54, 1.807) is 26.1 Å². The molecule has 0 bridgehead atoms. The second-order valence-electron chi connectivity index (χ2n) is 4.74. The number of rotatable bonds is 6. The van der Waals surface area contributed by atoms with Crippen LogP contribution in [0.4, 0.5) is 0 Å². The van der Waals surface area contributed by atoms with Crippen molar-refractivity contribution in [2.75, 3.05) is 20.2 Å². The van der Waals surface area contributed by atoms with Gasteiger partial charge in [0.05, 0.1) is 10.9 Å². The largest absolute Gasteiger partial charge is 0.482 e. The van der Waals surface area contributed by atoms with Crippen molar-refractivity contribution in [2.45, 2.75) is 13.8 Å². The van der Waals surface area contributed by atoms with Crippen LogP contribution in [-0.2, 0) is 9.59 Å². The van der Waals surface area contributed by atoms with E-state index in [1.165, 1.54) is 4.90 Å². The number of aliphatic carboxylic acids is 1. The number of likely N-dealkylation sites (N-methyl/N-ethyl adjacent to an activating group) is 1. The van der Waals surface area contributed by atoms with E-state index in [4.69, 9.17) is 21.4 Å². The minimum Gasteiger partial charge on any atom is -0.482 e. The summed E-state index contributed by atoms with van der Waals surface area (Å²) in [6.45, 7) is 3.40. The van der Waals surface area contributed by atoms with Gasteiger partial charge in [-0.15, -0.1) is 0 Å². The van der Waals surface area contributed by atoms with Crippen LogP contribution in [0.5, 0.6) is 5.75 Å². The summed E-state index contributed by atoms with van der Waals surface area (Å²) in [7, 11) is 1.54. The average molecular weight is 300 g/mol. The molecule has 1 atom stereocenters. The first-order valence-electron chi connectivity index (χ1n) is 6.17. The maximum Gasteiger partial charge on any atom is 0.308 e. The summed E-state index contributed by atoms with van der Waals surface area (Å²) in [4.78, 5) is 23.9. The van der Waals surface area contributed by atoms with Crippen LogP contribution in [0.25, 0.3) is 0 Å². The maximum absolute atomic E-state index is 11.8. The molecule has 0 saturated heterocycles.